The Hall–Kier alpha value is -2.24. The molecule has 1 amide bonds. The Labute approximate surface area is 159 Å². The van der Waals surface area contributed by atoms with Crippen LogP contribution in [0.3, 0.4) is 0 Å². The molecule has 2 unspecified atom stereocenters. The summed E-state index contributed by atoms with van der Waals surface area (Å²) in [6.07, 6.45) is 0. The van der Waals surface area contributed by atoms with Gasteiger partial charge in [-0.05, 0) is 56.7 Å². The van der Waals surface area contributed by atoms with E-state index in [2.05, 4.69) is 10.6 Å². The topological polar surface area (TPSA) is 59.6 Å². The number of anilines is 1. The van der Waals surface area contributed by atoms with Gasteiger partial charge in [0.1, 0.15) is 11.5 Å². The number of ether oxygens (including phenoxy) is 2. The van der Waals surface area contributed by atoms with Gasteiger partial charge in [-0.25, -0.2) is 0 Å². The third-order valence-corrected chi connectivity index (χ3v) is 4.73. The highest BCUT2D eigenvalue weighted by Crippen LogP contribution is 2.29. The number of halogens is 1. The van der Waals surface area contributed by atoms with E-state index in [1.165, 1.54) is 0 Å². The Morgan fingerprint density at radius 3 is 2.50 bits per heavy atom. The SMILES string of the molecule is COc1ccc(OC)c(C(C)NC(C)C(=O)Nc2cccc(Cl)c2C)c1. The minimum atomic E-state index is -0.417. The lowest BCUT2D eigenvalue weighted by atomic mass is 10.1. The fraction of sp³-hybridized carbons (Fsp3) is 0.350. The lowest BCUT2D eigenvalue weighted by Gasteiger charge is -2.22. The molecule has 0 spiro atoms. The van der Waals surface area contributed by atoms with Crippen molar-refractivity contribution < 1.29 is 14.3 Å². The van der Waals surface area contributed by atoms with Crippen LogP contribution in [0.25, 0.3) is 0 Å². The number of nitrogens with one attached hydrogen (secondary N) is 2. The summed E-state index contributed by atoms with van der Waals surface area (Å²) in [5, 5.41) is 6.84. The number of carbonyl (C=O) groups is 1. The second-order valence-electron chi connectivity index (χ2n) is 6.12. The summed E-state index contributed by atoms with van der Waals surface area (Å²) in [4.78, 5) is 12.5. The van der Waals surface area contributed by atoms with E-state index in [1.807, 2.05) is 51.1 Å². The smallest absolute Gasteiger partial charge is 0.241 e. The van der Waals surface area contributed by atoms with Gasteiger partial charge in [0.15, 0.2) is 0 Å². The average Bonchev–Trinajstić information content (AvgIpc) is 2.64. The summed E-state index contributed by atoms with van der Waals surface area (Å²) in [5.41, 5.74) is 2.48. The number of amides is 1. The molecule has 2 aromatic rings. The van der Waals surface area contributed by atoms with Gasteiger partial charge in [-0.2, -0.15) is 0 Å². The maximum Gasteiger partial charge on any atom is 0.241 e. The Morgan fingerprint density at radius 2 is 1.85 bits per heavy atom. The molecule has 0 aliphatic rings. The summed E-state index contributed by atoms with van der Waals surface area (Å²) < 4.78 is 10.7. The third kappa shape index (κ3) is 4.68. The van der Waals surface area contributed by atoms with Crippen molar-refractivity contribution in [2.24, 2.45) is 0 Å². The molecule has 2 aromatic carbocycles. The molecular formula is C20H25ClN2O3. The van der Waals surface area contributed by atoms with Crippen LogP contribution in [-0.2, 0) is 4.79 Å². The van der Waals surface area contributed by atoms with Gasteiger partial charge >= 0.3 is 0 Å². The first kappa shape index (κ1) is 20.1. The van der Waals surface area contributed by atoms with Gasteiger partial charge in [0.05, 0.1) is 20.3 Å². The second-order valence-corrected chi connectivity index (χ2v) is 6.53. The third-order valence-electron chi connectivity index (χ3n) is 4.32. The molecule has 0 aliphatic heterocycles. The van der Waals surface area contributed by atoms with Gasteiger partial charge in [-0.1, -0.05) is 17.7 Å². The fourth-order valence-electron chi connectivity index (χ4n) is 2.70. The highest BCUT2D eigenvalue weighted by atomic mass is 35.5. The van der Waals surface area contributed by atoms with Crippen LogP contribution < -0.4 is 20.1 Å². The van der Waals surface area contributed by atoms with E-state index >= 15 is 0 Å². The maximum absolute atomic E-state index is 12.5. The van der Waals surface area contributed by atoms with E-state index in [9.17, 15) is 4.79 Å². The van der Waals surface area contributed by atoms with Crippen LogP contribution in [0.5, 0.6) is 11.5 Å². The Bertz CT molecular complexity index is 780. The molecular weight excluding hydrogens is 352 g/mol. The quantitative estimate of drug-likeness (QED) is 0.754. The Balaban J connectivity index is 2.10. The van der Waals surface area contributed by atoms with Crippen molar-refractivity contribution in [3.05, 3.63) is 52.5 Å². The summed E-state index contributed by atoms with van der Waals surface area (Å²) in [6.45, 7) is 5.67. The van der Waals surface area contributed by atoms with Crippen LogP contribution in [0.15, 0.2) is 36.4 Å². The Kier molecular flexibility index (Phi) is 6.89. The van der Waals surface area contributed by atoms with E-state index in [4.69, 9.17) is 21.1 Å². The average molecular weight is 377 g/mol. The van der Waals surface area contributed by atoms with Crippen LogP contribution in [0.2, 0.25) is 5.02 Å². The van der Waals surface area contributed by atoms with Crippen molar-refractivity contribution in [3.63, 3.8) is 0 Å². The lowest BCUT2D eigenvalue weighted by Crippen LogP contribution is -2.39. The zero-order valence-corrected chi connectivity index (χ0v) is 16.5. The maximum atomic E-state index is 12.5. The number of rotatable bonds is 7. The molecule has 0 heterocycles. The first-order valence-corrected chi connectivity index (χ1v) is 8.79. The number of hydrogen-bond donors (Lipinski definition) is 2. The summed E-state index contributed by atoms with van der Waals surface area (Å²) in [7, 11) is 3.24. The predicted octanol–water partition coefficient (Wildman–Crippen LogP) is 4.34. The first-order chi connectivity index (χ1) is 12.4. The van der Waals surface area contributed by atoms with Gasteiger partial charge < -0.3 is 14.8 Å². The van der Waals surface area contributed by atoms with Crippen LogP contribution in [0, 0.1) is 6.92 Å². The molecule has 0 saturated carbocycles. The monoisotopic (exact) mass is 376 g/mol. The molecule has 2 atom stereocenters. The minimum Gasteiger partial charge on any atom is -0.497 e. The largest absolute Gasteiger partial charge is 0.497 e. The number of hydrogen-bond acceptors (Lipinski definition) is 4. The van der Waals surface area contributed by atoms with Crippen molar-refractivity contribution >= 4 is 23.2 Å². The van der Waals surface area contributed by atoms with Crippen molar-refractivity contribution in [2.45, 2.75) is 32.9 Å². The van der Waals surface area contributed by atoms with E-state index in [0.29, 0.717) is 10.7 Å². The van der Waals surface area contributed by atoms with Crippen molar-refractivity contribution in [1.82, 2.24) is 5.32 Å². The van der Waals surface area contributed by atoms with E-state index in [1.54, 1.807) is 20.3 Å². The standard InChI is InChI=1S/C20H25ClN2O3/c1-12-17(21)7-6-8-18(12)23-20(24)14(3)22-13(2)16-11-15(25-4)9-10-19(16)26-5/h6-11,13-14,22H,1-5H3,(H,23,24). The summed E-state index contributed by atoms with van der Waals surface area (Å²) in [5.74, 6) is 1.34. The van der Waals surface area contributed by atoms with Crippen LogP contribution in [0.1, 0.15) is 31.0 Å². The van der Waals surface area contributed by atoms with Crippen molar-refractivity contribution in [3.8, 4) is 11.5 Å². The van der Waals surface area contributed by atoms with Gasteiger partial charge in [0.25, 0.3) is 0 Å². The van der Waals surface area contributed by atoms with E-state index in [-0.39, 0.29) is 11.9 Å². The van der Waals surface area contributed by atoms with Gasteiger partial charge in [0, 0.05) is 22.3 Å². The number of benzene rings is 2. The number of methoxy groups -OCH3 is 2. The van der Waals surface area contributed by atoms with Crippen molar-refractivity contribution in [1.29, 1.82) is 0 Å². The lowest BCUT2D eigenvalue weighted by molar-refractivity contribution is -0.117. The highest BCUT2D eigenvalue weighted by molar-refractivity contribution is 6.31. The van der Waals surface area contributed by atoms with Crippen molar-refractivity contribution in [2.75, 3.05) is 19.5 Å². The minimum absolute atomic E-state index is 0.110. The molecule has 140 valence electrons. The summed E-state index contributed by atoms with van der Waals surface area (Å²) in [6, 6.07) is 10.5. The Morgan fingerprint density at radius 1 is 1.12 bits per heavy atom. The molecule has 0 radical (unpaired) electrons. The number of carbonyl (C=O) groups excluding carboxylic acids is 1. The zero-order valence-electron chi connectivity index (χ0n) is 15.7. The predicted molar refractivity (Wildman–Crippen MR) is 105 cm³/mol. The highest BCUT2D eigenvalue weighted by Gasteiger charge is 2.20. The fourth-order valence-corrected chi connectivity index (χ4v) is 2.88. The van der Waals surface area contributed by atoms with Gasteiger partial charge in [0.2, 0.25) is 5.91 Å². The van der Waals surface area contributed by atoms with Crippen LogP contribution in [-0.4, -0.2) is 26.2 Å². The molecule has 0 aliphatic carbocycles. The normalized spacial score (nSPS) is 13.0. The molecule has 26 heavy (non-hydrogen) atoms. The summed E-state index contributed by atoms with van der Waals surface area (Å²) >= 11 is 6.11. The molecule has 0 aromatic heterocycles. The molecule has 2 rings (SSSR count). The van der Waals surface area contributed by atoms with E-state index in [0.717, 1.165) is 22.6 Å². The zero-order chi connectivity index (χ0) is 19.3. The van der Waals surface area contributed by atoms with Crippen LogP contribution in [0.4, 0.5) is 5.69 Å². The molecule has 5 nitrogen and oxygen atoms in total. The van der Waals surface area contributed by atoms with Gasteiger partial charge in [-0.15, -0.1) is 0 Å². The van der Waals surface area contributed by atoms with Gasteiger partial charge in [-0.3, -0.25) is 10.1 Å². The molecule has 0 saturated heterocycles. The molecule has 0 fully saturated rings. The molecule has 6 heteroatoms. The first-order valence-electron chi connectivity index (χ1n) is 8.41. The molecule has 0 bridgehead atoms. The molecule has 2 N–H and O–H groups in total. The van der Waals surface area contributed by atoms with Crippen LogP contribution >= 0.6 is 11.6 Å². The van der Waals surface area contributed by atoms with E-state index < -0.39 is 6.04 Å². The second kappa shape index (κ2) is 8.92.